The van der Waals surface area contributed by atoms with Gasteiger partial charge < -0.3 is 14.6 Å². The molecule has 0 radical (unpaired) electrons. The Kier molecular flexibility index (Phi) is 8.08. The second-order valence-electron chi connectivity index (χ2n) is 9.12. The molecule has 0 spiro atoms. The van der Waals surface area contributed by atoms with Gasteiger partial charge in [-0.2, -0.15) is 0 Å². The molecule has 0 saturated heterocycles. The Labute approximate surface area is 237 Å². The van der Waals surface area contributed by atoms with Crippen molar-refractivity contribution in [1.82, 2.24) is 14.3 Å². The fraction of sp³-hybridized carbons (Fsp3) is 0.179. The molecule has 1 aromatic heterocycles. The summed E-state index contributed by atoms with van der Waals surface area (Å²) in [5.74, 6) is 1.38. The SMILES string of the molecule is CC(C)c1ccccc1NC(=O)NS/N=C/c1ccc2c(c1)SCn1c(-c3ccc(OC(F)(F)F)cc3)cnc1-2. The van der Waals surface area contributed by atoms with E-state index in [1.807, 2.05) is 47.0 Å². The van der Waals surface area contributed by atoms with Crippen molar-refractivity contribution in [2.75, 3.05) is 5.32 Å². The summed E-state index contributed by atoms with van der Waals surface area (Å²) >= 11 is 2.55. The van der Waals surface area contributed by atoms with Gasteiger partial charge in [-0.3, -0.25) is 4.72 Å². The molecule has 0 aliphatic carbocycles. The van der Waals surface area contributed by atoms with Crippen LogP contribution in [0.2, 0.25) is 0 Å². The molecule has 12 heteroatoms. The molecule has 0 unspecified atom stereocenters. The van der Waals surface area contributed by atoms with E-state index in [-0.39, 0.29) is 17.7 Å². The highest BCUT2D eigenvalue weighted by Gasteiger charge is 2.31. The van der Waals surface area contributed by atoms with E-state index in [2.05, 4.69) is 38.0 Å². The molecule has 206 valence electrons. The third kappa shape index (κ3) is 6.45. The predicted molar refractivity (Wildman–Crippen MR) is 154 cm³/mol. The number of nitrogens with one attached hydrogen (secondary N) is 2. The monoisotopic (exact) mass is 583 g/mol. The molecule has 1 aliphatic rings. The maximum absolute atomic E-state index is 12.5. The Hall–Kier alpha value is -3.90. The minimum atomic E-state index is -4.73. The number of hydrogen-bond acceptors (Lipinski definition) is 6. The highest BCUT2D eigenvalue weighted by Crippen LogP contribution is 2.40. The first kappa shape index (κ1) is 27.7. The van der Waals surface area contributed by atoms with E-state index >= 15 is 0 Å². The molecule has 3 aromatic carbocycles. The Morgan fingerprint density at radius 1 is 1.15 bits per heavy atom. The van der Waals surface area contributed by atoms with Gasteiger partial charge in [0, 0.05) is 27.9 Å². The van der Waals surface area contributed by atoms with E-state index in [1.54, 1.807) is 36.3 Å². The second-order valence-corrected chi connectivity index (χ2v) is 10.7. The van der Waals surface area contributed by atoms with Gasteiger partial charge in [-0.15, -0.1) is 24.9 Å². The number of rotatable bonds is 7. The molecule has 4 aromatic rings. The van der Waals surface area contributed by atoms with Crippen LogP contribution in [0.5, 0.6) is 5.75 Å². The van der Waals surface area contributed by atoms with Crippen LogP contribution in [0.25, 0.3) is 22.6 Å². The first-order valence-corrected chi connectivity index (χ1v) is 14.0. The molecular formula is C28H24F3N5O2S2. The number of imidazole rings is 1. The van der Waals surface area contributed by atoms with Crippen molar-refractivity contribution < 1.29 is 22.7 Å². The topological polar surface area (TPSA) is 80.5 Å². The lowest BCUT2D eigenvalue weighted by molar-refractivity contribution is -0.274. The number of ether oxygens (including phenoxy) is 1. The average Bonchev–Trinajstić information content (AvgIpc) is 3.35. The number of benzene rings is 3. The van der Waals surface area contributed by atoms with E-state index < -0.39 is 6.36 Å². The molecule has 5 rings (SSSR count). The standard InChI is InChI=1S/C28H24F3N5O2S2/c1-17(2)21-5-3-4-6-23(21)34-27(37)35-40-33-14-18-7-12-22-25(13-18)39-16-36-24(15-32-26(22)36)19-8-10-20(11-9-19)38-28(29,30)31/h3-15,17H,16H2,1-2H3,(H2,34,35,37)/b33-14+. The van der Waals surface area contributed by atoms with Crippen molar-refractivity contribution in [3.8, 4) is 28.4 Å². The number of anilines is 1. The van der Waals surface area contributed by atoms with Crippen molar-refractivity contribution >= 4 is 41.8 Å². The van der Waals surface area contributed by atoms with Crippen molar-refractivity contribution in [2.24, 2.45) is 4.40 Å². The smallest absolute Gasteiger partial charge is 0.406 e. The number of urea groups is 1. The van der Waals surface area contributed by atoms with Crippen LogP contribution < -0.4 is 14.8 Å². The third-order valence-corrected chi connectivity index (χ3v) is 7.58. The number of halogens is 3. The molecule has 2 N–H and O–H groups in total. The van der Waals surface area contributed by atoms with Crippen LogP contribution in [-0.4, -0.2) is 28.2 Å². The van der Waals surface area contributed by atoms with Crippen LogP contribution in [0.4, 0.5) is 23.7 Å². The number of carbonyl (C=O) groups is 1. The van der Waals surface area contributed by atoms with Crippen molar-refractivity contribution in [3.05, 3.63) is 84.1 Å². The van der Waals surface area contributed by atoms with Crippen LogP contribution >= 0.6 is 23.9 Å². The fourth-order valence-electron chi connectivity index (χ4n) is 4.25. The third-order valence-electron chi connectivity index (χ3n) is 6.06. The zero-order valence-electron chi connectivity index (χ0n) is 21.4. The fourth-order valence-corrected chi connectivity index (χ4v) is 5.68. The van der Waals surface area contributed by atoms with Gasteiger partial charge in [-0.05, 0) is 59.5 Å². The zero-order valence-corrected chi connectivity index (χ0v) is 23.0. The number of amides is 2. The first-order valence-electron chi connectivity index (χ1n) is 12.2. The summed E-state index contributed by atoms with van der Waals surface area (Å²) in [6, 6.07) is 18.9. The quantitative estimate of drug-likeness (QED) is 0.170. The molecular weight excluding hydrogens is 559 g/mol. The second kappa shape index (κ2) is 11.7. The highest BCUT2D eigenvalue weighted by atomic mass is 32.2. The van der Waals surface area contributed by atoms with Crippen LogP contribution in [0.15, 0.2) is 82.2 Å². The molecule has 0 fully saturated rings. The van der Waals surface area contributed by atoms with Crippen molar-refractivity contribution in [1.29, 1.82) is 0 Å². The minimum absolute atomic E-state index is 0.269. The maximum atomic E-state index is 12.5. The summed E-state index contributed by atoms with van der Waals surface area (Å²) in [4.78, 5) is 17.9. The lowest BCUT2D eigenvalue weighted by atomic mass is 10.0. The molecule has 0 bridgehead atoms. The largest absolute Gasteiger partial charge is 0.573 e. The summed E-state index contributed by atoms with van der Waals surface area (Å²) in [5.41, 5.74) is 5.17. The summed E-state index contributed by atoms with van der Waals surface area (Å²) in [6.45, 7) is 4.14. The van der Waals surface area contributed by atoms with Crippen LogP contribution in [0.3, 0.4) is 0 Å². The number of para-hydroxylation sites is 1. The molecule has 2 amide bonds. The number of nitrogens with zero attached hydrogens (tertiary/aromatic N) is 3. The van der Waals surface area contributed by atoms with E-state index in [0.717, 1.165) is 56.5 Å². The van der Waals surface area contributed by atoms with E-state index in [1.165, 1.54) is 12.1 Å². The van der Waals surface area contributed by atoms with Gasteiger partial charge in [-0.25, -0.2) is 14.2 Å². The molecule has 0 saturated carbocycles. The van der Waals surface area contributed by atoms with Gasteiger partial charge in [0.2, 0.25) is 0 Å². The highest BCUT2D eigenvalue weighted by molar-refractivity contribution is 7.98. The average molecular weight is 584 g/mol. The minimum Gasteiger partial charge on any atom is -0.406 e. The maximum Gasteiger partial charge on any atom is 0.573 e. The number of hydrogen-bond donors (Lipinski definition) is 2. The molecule has 1 aliphatic heterocycles. The van der Waals surface area contributed by atoms with Gasteiger partial charge in [0.25, 0.3) is 0 Å². The number of aromatic nitrogens is 2. The Bertz CT molecular complexity index is 1550. The molecule has 0 atom stereocenters. The zero-order chi connectivity index (χ0) is 28.3. The van der Waals surface area contributed by atoms with E-state index in [4.69, 9.17) is 0 Å². The Morgan fingerprint density at radius 3 is 2.67 bits per heavy atom. The Morgan fingerprint density at radius 2 is 1.93 bits per heavy atom. The van der Waals surface area contributed by atoms with Crippen LogP contribution in [0, 0.1) is 0 Å². The number of thioether (sulfide) groups is 1. The first-order chi connectivity index (χ1) is 19.2. The van der Waals surface area contributed by atoms with Crippen molar-refractivity contribution in [2.45, 2.75) is 36.9 Å². The Balaban J connectivity index is 1.22. The number of carbonyl (C=O) groups excluding carboxylic acids is 1. The van der Waals surface area contributed by atoms with Gasteiger partial charge in [0.05, 0.1) is 29.9 Å². The number of fused-ring (bicyclic) bond motifs is 3. The molecule has 40 heavy (non-hydrogen) atoms. The van der Waals surface area contributed by atoms with E-state index in [0.29, 0.717) is 5.88 Å². The molecule has 2 heterocycles. The predicted octanol–water partition coefficient (Wildman–Crippen LogP) is 8.11. The summed E-state index contributed by atoms with van der Waals surface area (Å²) in [6.07, 6.45) is -1.34. The summed E-state index contributed by atoms with van der Waals surface area (Å²) in [7, 11) is 0. The number of alkyl halides is 3. The summed E-state index contributed by atoms with van der Waals surface area (Å²) < 4.78 is 50.3. The normalized spacial score (nSPS) is 12.8. The van der Waals surface area contributed by atoms with Crippen LogP contribution in [-0.2, 0) is 5.88 Å². The van der Waals surface area contributed by atoms with Crippen molar-refractivity contribution in [3.63, 3.8) is 0 Å². The molecule has 7 nitrogen and oxygen atoms in total. The lowest BCUT2D eigenvalue weighted by Crippen LogP contribution is -2.23. The van der Waals surface area contributed by atoms with Gasteiger partial charge >= 0.3 is 12.4 Å². The summed E-state index contributed by atoms with van der Waals surface area (Å²) in [5, 5.41) is 2.86. The van der Waals surface area contributed by atoms with Crippen LogP contribution in [0.1, 0.15) is 30.9 Å². The van der Waals surface area contributed by atoms with Gasteiger partial charge in [-0.1, -0.05) is 38.1 Å². The van der Waals surface area contributed by atoms with Gasteiger partial charge in [0.15, 0.2) is 0 Å². The van der Waals surface area contributed by atoms with E-state index in [9.17, 15) is 18.0 Å². The van der Waals surface area contributed by atoms with Gasteiger partial charge in [0.1, 0.15) is 11.6 Å². The lowest BCUT2D eigenvalue weighted by Gasteiger charge is -2.20.